The molecule has 3 unspecified atom stereocenters. The van der Waals surface area contributed by atoms with Crippen molar-refractivity contribution in [3.63, 3.8) is 0 Å². The standard InChI is InChI=1S/C14H22O2/c1-9-6-7-11-4-3-5-12(13(11)8-9)10(2)14(15)16/h8,10-13H,3-7H2,1-2H3,(H,15,16)/t10-,11?,12?,13?/m0/s1. The highest BCUT2D eigenvalue weighted by molar-refractivity contribution is 5.70. The Bertz CT molecular complexity index is 306. The average molecular weight is 222 g/mol. The summed E-state index contributed by atoms with van der Waals surface area (Å²) < 4.78 is 0. The minimum absolute atomic E-state index is 0.185. The van der Waals surface area contributed by atoms with Gasteiger partial charge in [-0.15, -0.1) is 0 Å². The smallest absolute Gasteiger partial charge is 0.306 e. The quantitative estimate of drug-likeness (QED) is 0.726. The summed E-state index contributed by atoms with van der Waals surface area (Å²) in [6.45, 7) is 4.07. The maximum Gasteiger partial charge on any atom is 0.306 e. The largest absolute Gasteiger partial charge is 0.481 e. The second kappa shape index (κ2) is 4.60. The van der Waals surface area contributed by atoms with E-state index in [0.717, 1.165) is 12.3 Å². The lowest BCUT2D eigenvalue weighted by Gasteiger charge is -2.41. The van der Waals surface area contributed by atoms with Crippen LogP contribution in [0.25, 0.3) is 0 Å². The monoisotopic (exact) mass is 222 g/mol. The number of aliphatic carboxylic acids is 1. The van der Waals surface area contributed by atoms with Crippen LogP contribution in [0.4, 0.5) is 0 Å². The van der Waals surface area contributed by atoms with Crippen LogP contribution in [0.2, 0.25) is 0 Å². The molecule has 2 rings (SSSR count). The maximum atomic E-state index is 11.1. The number of carboxylic acids is 1. The molecule has 0 saturated heterocycles. The molecule has 2 heteroatoms. The van der Waals surface area contributed by atoms with Crippen LogP contribution >= 0.6 is 0 Å². The van der Waals surface area contributed by atoms with E-state index >= 15 is 0 Å². The topological polar surface area (TPSA) is 37.3 Å². The molecule has 1 N–H and O–H groups in total. The number of allylic oxidation sites excluding steroid dienone is 2. The summed E-state index contributed by atoms with van der Waals surface area (Å²) in [7, 11) is 0. The lowest BCUT2D eigenvalue weighted by Crippen LogP contribution is -2.35. The van der Waals surface area contributed by atoms with Gasteiger partial charge in [-0.2, -0.15) is 0 Å². The highest BCUT2D eigenvalue weighted by Gasteiger charge is 2.38. The molecule has 0 spiro atoms. The van der Waals surface area contributed by atoms with E-state index in [1.54, 1.807) is 0 Å². The number of fused-ring (bicyclic) bond motifs is 1. The lowest BCUT2D eigenvalue weighted by molar-refractivity contribution is -0.144. The molecule has 2 aliphatic rings. The van der Waals surface area contributed by atoms with Crippen LogP contribution in [0.3, 0.4) is 0 Å². The van der Waals surface area contributed by atoms with Crippen LogP contribution in [0.1, 0.15) is 46.0 Å². The molecule has 0 heterocycles. The first-order valence-corrected chi connectivity index (χ1v) is 6.49. The summed E-state index contributed by atoms with van der Waals surface area (Å²) in [5, 5.41) is 9.17. The van der Waals surface area contributed by atoms with Crippen molar-refractivity contribution in [1.29, 1.82) is 0 Å². The van der Waals surface area contributed by atoms with Gasteiger partial charge < -0.3 is 5.11 Å². The number of carbonyl (C=O) groups is 1. The Morgan fingerprint density at radius 3 is 2.88 bits per heavy atom. The van der Waals surface area contributed by atoms with Gasteiger partial charge >= 0.3 is 5.97 Å². The molecule has 0 radical (unpaired) electrons. The third kappa shape index (κ3) is 2.16. The second-order valence-corrected chi connectivity index (χ2v) is 5.61. The molecule has 2 aliphatic carbocycles. The summed E-state index contributed by atoms with van der Waals surface area (Å²) in [4.78, 5) is 11.1. The first kappa shape index (κ1) is 11.7. The van der Waals surface area contributed by atoms with Gasteiger partial charge in [0.1, 0.15) is 0 Å². The molecule has 1 fully saturated rings. The van der Waals surface area contributed by atoms with E-state index in [1.165, 1.54) is 31.3 Å². The molecular weight excluding hydrogens is 200 g/mol. The number of hydrogen-bond acceptors (Lipinski definition) is 1. The van der Waals surface area contributed by atoms with E-state index in [0.29, 0.717) is 11.8 Å². The van der Waals surface area contributed by atoms with Crippen molar-refractivity contribution in [1.82, 2.24) is 0 Å². The molecule has 0 aromatic rings. The van der Waals surface area contributed by atoms with Crippen molar-refractivity contribution in [2.24, 2.45) is 23.7 Å². The fourth-order valence-corrected chi connectivity index (χ4v) is 3.54. The van der Waals surface area contributed by atoms with E-state index in [1.807, 2.05) is 6.92 Å². The third-order valence-electron chi connectivity index (χ3n) is 4.57. The second-order valence-electron chi connectivity index (χ2n) is 5.61. The number of hydrogen-bond donors (Lipinski definition) is 1. The van der Waals surface area contributed by atoms with Crippen LogP contribution in [0, 0.1) is 23.7 Å². The van der Waals surface area contributed by atoms with E-state index in [9.17, 15) is 4.79 Å². The molecule has 0 aromatic carbocycles. The lowest BCUT2D eigenvalue weighted by atomic mass is 9.63. The van der Waals surface area contributed by atoms with Gasteiger partial charge in [-0.05, 0) is 50.4 Å². The fourth-order valence-electron chi connectivity index (χ4n) is 3.54. The van der Waals surface area contributed by atoms with Crippen LogP contribution in [0.15, 0.2) is 11.6 Å². The first-order valence-electron chi connectivity index (χ1n) is 6.49. The summed E-state index contributed by atoms with van der Waals surface area (Å²) >= 11 is 0. The Kier molecular flexibility index (Phi) is 3.36. The Labute approximate surface area is 97.7 Å². The van der Waals surface area contributed by atoms with Gasteiger partial charge in [-0.25, -0.2) is 0 Å². The predicted octanol–water partition coefficient (Wildman–Crippen LogP) is 3.48. The highest BCUT2D eigenvalue weighted by Crippen LogP contribution is 2.45. The predicted molar refractivity (Wildman–Crippen MR) is 64.1 cm³/mol. The molecule has 0 aliphatic heterocycles. The van der Waals surface area contributed by atoms with Crippen molar-refractivity contribution < 1.29 is 9.90 Å². The minimum Gasteiger partial charge on any atom is -0.481 e. The van der Waals surface area contributed by atoms with Crippen LogP contribution in [0.5, 0.6) is 0 Å². The zero-order valence-electron chi connectivity index (χ0n) is 10.3. The van der Waals surface area contributed by atoms with E-state index in [4.69, 9.17) is 5.11 Å². The first-order chi connectivity index (χ1) is 7.59. The summed E-state index contributed by atoms with van der Waals surface area (Å²) in [6, 6.07) is 0. The fraction of sp³-hybridized carbons (Fsp3) is 0.786. The van der Waals surface area contributed by atoms with Gasteiger partial charge in [0.25, 0.3) is 0 Å². The van der Waals surface area contributed by atoms with Crippen LogP contribution < -0.4 is 0 Å². The van der Waals surface area contributed by atoms with Gasteiger partial charge in [0.2, 0.25) is 0 Å². The van der Waals surface area contributed by atoms with Crippen molar-refractivity contribution in [2.75, 3.05) is 0 Å². The molecule has 0 bridgehead atoms. The maximum absolute atomic E-state index is 11.1. The van der Waals surface area contributed by atoms with E-state index in [-0.39, 0.29) is 5.92 Å². The van der Waals surface area contributed by atoms with Gasteiger partial charge in [0.05, 0.1) is 5.92 Å². The number of rotatable bonds is 2. The van der Waals surface area contributed by atoms with Crippen LogP contribution in [-0.2, 0) is 4.79 Å². The van der Waals surface area contributed by atoms with Gasteiger partial charge in [0, 0.05) is 0 Å². The average Bonchev–Trinajstić information content (AvgIpc) is 2.27. The van der Waals surface area contributed by atoms with Gasteiger partial charge in [-0.3, -0.25) is 4.79 Å². The zero-order chi connectivity index (χ0) is 11.7. The molecule has 0 amide bonds. The Hall–Kier alpha value is -0.790. The Morgan fingerprint density at radius 1 is 1.44 bits per heavy atom. The van der Waals surface area contributed by atoms with Gasteiger partial charge in [-0.1, -0.05) is 25.0 Å². The molecule has 16 heavy (non-hydrogen) atoms. The normalized spacial score (nSPS) is 36.1. The summed E-state index contributed by atoms with van der Waals surface area (Å²) in [5.41, 5.74) is 1.46. The van der Waals surface area contributed by atoms with Crippen molar-refractivity contribution >= 4 is 5.97 Å². The van der Waals surface area contributed by atoms with Crippen molar-refractivity contribution in [2.45, 2.75) is 46.0 Å². The molecule has 2 nitrogen and oxygen atoms in total. The van der Waals surface area contributed by atoms with Crippen molar-refractivity contribution in [3.8, 4) is 0 Å². The Morgan fingerprint density at radius 2 is 2.19 bits per heavy atom. The molecule has 0 aromatic heterocycles. The molecule has 1 saturated carbocycles. The van der Waals surface area contributed by atoms with Crippen LogP contribution in [-0.4, -0.2) is 11.1 Å². The summed E-state index contributed by atoms with van der Waals surface area (Å²) in [6.07, 6.45) is 8.48. The Balaban J connectivity index is 2.18. The van der Waals surface area contributed by atoms with Crippen molar-refractivity contribution in [3.05, 3.63) is 11.6 Å². The third-order valence-corrected chi connectivity index (χ3v) is 4.57. The zero-order valence-corrected chi connectivity index (χ0v) is 10.3. The molecule has 90 valence electrons. The van der Waals surface area contributed by atoms with E-state index in [2.05, 4.69) is 13.0 Å². The SMILES string of the molecule is CC1=CC2C(CCCC2[C@H](C)C(=O)O)CC1. The number of carboxylic acid groups (broad SMARTS) is 1. The minimum atomic E-state index is -0.623. The molecule has 4 atom stereocenters. The summed E-state index contributed by atoms with van der Waals surface area (Å²) in [5.74, 6) is 0.849. The van der Waals surface area contributed by atoms with Gasteiger partial charge in [0.15, 0.2) is 0 Å². The highest BCUT2D eigenvalue weighted by atomic mass is 16.4. The molecular formula is C14H22O2. The van der Waals surface area contributed by atoms with E-state index < -0.39 is 5.97 Å².